The summed E-state index contributed by atoms with van der Waals surface area (Å²) in [4.78, 5) is 16.2. The molecule has 43 heavy (non-hydrogen) atoms. The largest absolute Gasteiger partial charge is 0.497 e. The molecule has 0 amide bonds. The first-order valence-corrected chi connectivity index (χ1v) is 15.7. The van der Waals surface area contributed by atoms with Gasteiger partial charge in [0.25, 0.3) is 0 Å². The third kappa shape index (κ3) is 5.71. The highest BCUT2D eigenvalue weighted by atomic mass is 32.1. The normalized spacial score (nSPS) is 16.6. The van der Waals surface area contributed by atoms with Crippen molar-refractivity contribution in [1.29, 1.82) is 0 Å². The van der Waals surface area contributed by atoms with Gasteiger partial charge in [-0.05, 0) is 37.5 Å². The van der Waals surface area contributed by atoms with E-state index in [-0.39, 0.29) is 12.7 Å². The monoisotopic (exact) mass is 614 g/mol. The molecule has 1 unspecified atom stereocenters. The highest BCUT2D eigenvalue weighted by molar-refractivity contribution is 7.22. The van der Waals surface area contributed by atoms with Gasteiger partial charge in [0.1, 0.15) is 40.0 Å². The van der Waals surface area contributed by atoms with Crippen LogP contribution in [-0.4, -0.2) is 66.0 Å². The zero-order valence-corrected chi connectivity index (χ0v) is 25.3. The molecule has 0 radical (unpaired) electrons. The van der Waals surface area contributed by atoms with E-state index in [1.54, 1.807) is 23.0 Å². The number of aryl methyl sites for hydroxylation is 1. The van der Waals surface area contributed by atoms with Gasteiger partial charge in [-0.2, -0.15) is 5.10 Å². The van der Waals surface area contributed by atoms with E-state index in [0.29, 0.717) is 18.0 Å². The summed E-state index contributed by atoms with van der Waals surface area (Å²) in [5.74, 6) is 1.33. The van der Waals surface area contributed by atoms with Gasteiger partial charge in [-0.25, -0.2) is 19.5 Å². The molecule has 0 spiro atoms. The summed E-state index contributed by atoms with van der Waals surface area (Å²) in [6, 6.07) is 15.4. The molecule has 1 fully saturated rings. The second kappa shape index (κ2) is 11.6. The second-order valence-electron chi connectivity index (χ2n) is 10.6. The Labute approximate surface area is 255 Å². The number of methoxy groups -OCH3 is 1. The molecule has 6 aromatic rings. The fourth-order valence-corrected chi connectivity index (χ4v) is 7.04. The number of aromatic nitrogens is 5. The van der Waals surface area contributed by atoms with Crippen LogP contribution in [0.2, 0.25) is 0 Å². The summed E-state index contributed by atoms with van der Waals surface area (Å²) in [6.45, 7) is 3.50. The van der Waals surface area contributed by atoms with Crippen LogP contribution < -0.4 is 9.47 Å². The highest BCUT2D eigenvalue weighted by Crippen LogP contribution is 2.39. The van der Waals surface area contributed by atoms with E-state index in [9.17, 15) is 10.2 Å². The standard InChI is InChI=1S/C31H30N6O4S2/c1-18-5-10-27-33-25(15-37(27)35-18)30-34-24-12-23(40-2)13-26(28(24)43-30)41-16-21-17-42-29(32-21)19-6-8-20(9-7-19)31(39)36-11-3-4-22(38)14-36/h5-10,12-13,15,17,22,31,38-39H,3-4,11,14,16H2,1-2H3/t22-,31?/m0/s1. The lowest BCUT2D eigenvalue weighted by atomic mass is 10.1. The Morgan fingerprint density at radius 2 is 1.93 bits per heavy atom. The third-order valence-electron chi connectivity index (χ3n) is 7.49. The van der Waals surface area contributed by atoms with Gasteiger partial charge < -0.3 is 19.7 Å². The average molecular weight is 615 g/mol. The van der Waals surface area contributed by atoms with E-state index >= 15 is 0 Å². The molecule has 5 heterocycles. The number of imidazole rings is 1. The number of rotatable bonds is 8. The molecule has 4 aromatic heterocycles. The van der Waals surface area contributed by atoms with Crippen LogP contribution in [0.25, 0.3) is 37.1 Å². The number of ether oxygens (including phenoxy) is 2. The number of aliphatic hydroxyl groups excluding tert-OH is 2. The van der Waals surface area contributed by atoms with Crippen molar-refractivity contribution in [3.8, 4) is 32.8 Å². The fraction of sp³-hybridized carbons (Fsp3) is 0.290. The lowest BCUT2D eigenvalue weighted by Crippen LogP contribution is -2.40. The minimum Gasteiger partial charge on any atom is -0.497 e. The van der Waals surface area contributed by atoms with Crippen molar-refractivity contribution in [2.24, 2.45) is 0 Å². The van der Waals surface area contributed by atoms with Crippen molar-refractivity contribution >= 4 is 38.5 Å². The van der Waals surface area contributed by atoms with Gasteiger partial charge in [0.05, 0.1) is 41.0 Å². The summed E-state index contributed by atoms with van der Waals surface area (Å²) < 4.78 is 14.5. The fourth-order valence-electron chi connectivity index (χ4n) is 5.26. The molecule has 2 atom stereocenters. The Bertz CT molecular complexity index is 1900. The number of benzene rings is 2. The van der Waals surface area contributed by atoms with Gasteiger partial charge in [-0.3, -0.25) is 4.90 Å². The SMILES string of the molecule is COc1cc(OCc2csc(-c3ccc(C(O)N4CCC[C@H](O)C4)cc3)n2)c2sc(-c3cn4nc(C)ccc4n3)nc2c1. The zero-order valence-electron chi connectivity index (χ0n) is 23.7. The van der Waals surface area contributed by atoms with Gasteiger partial charge in [-0.15, -0.1) is 22.7 Å². The molecule has 1 aliphatic rings. The van der Waals surface area contributed by atoms with E-state index in [1.165, 1.54) is 11.3 Å². The highest BCUT2D eigenvalue weighted by Gasteiger charge is 2.24. The summed E-state index contributed by atoms with van der Waals surface area (Å²) >= 11 is 3.06. The molecule has 7 rings (SSSR count). The predicted octanol–water partition coefficient (Wildman–Crippen LogP) is 5.47. The summed E-state index contributed by atoms with van der Waals surface area (Å²) in [5.41, 5.74) is 5.79. The number of piperidine rings is 1. The predicted molar refractivity (Wildman–Crippen MR) is 167 cm³/mol. The maximum atomic E-state index is 10.8. The molecule has 2 aromatic carbocycles. The molecule has 0 saturated carbocycles. The Kier molecular flexibility index (Phi) is 7.53. The molecule has 1 aliphatic heterocycles. The minimum atomic E-state index is -0.732. The summed E-state index contributed by atoms with van der Waals surface area (Å²) in [7, 11) is 1.63. The quantitative estimate of drug-likeness (QED) is 0.230. The number of aliphatic hydroxyl groups is 2. The number of hydrogen-bond donors (Lipinski definition) is 2. The van der Waals surface area contributed by atoms with Gasteiger partial charge in [0, 0.05) is 36.2 Å². The van der Waals surface area contributed by atoms with Crippen molar-refractivity contribution in [2.75, 3.05) is 20.2 Å². The first-order chi connectivity index (χ1) is 20.9. The Morgan fingerprint density at radius 1 is 1.07 bits per heavy atom. The lowest BCUT2D eigenvalue weighted by Gasteiger charge is -2.33. The van der Waals surface area contributed by atoms with Crippen molar-refractivity contribution in [2.45, 2.75) is 38.7 Å². The van der Waals surface area contributed by atoms with Gasteiger partial charge in [0.2, 0.25) is 0 Å². The van der Waals surface area contributed by atoms with Crippen LogP contribution >= 0.6 is 22.7 Å². The molecule has 220 valence electrons. The van der Waals surface area contributed by atoms with Gasteiger partial charge >= 0.3 is 0 Å². The summed E-state index contributed by atoms with van der Waals surface area (Å²) in [6.07, 6.45) is 2.44. The number of nitrogens with zero attached hydrogens (tertiary/aromatic N) is 6. The number of hydrogen-bond acceptors (Lipinski definition) is 11. The van der Waals surface area contributed by atoms with Crippen molar-refractivity contribution < 1.29 is 19.7 Å². The number of thiazole rings is 2. The molecule has 0 bridgehead atoms. The van der Waals surface area contributed by atoms with Crippen LogP contribution in [0.3, 0.4) is 0 Å². The van der Waals surface area contributed by atoms with Crippen molar-refractivity contribution in [1.82, 2.24) is 29.5 Å². The van der Waals surface area contributed by atoms with Crippen LogP contribution in [0.5, 0.6) is 11.5 Å². The van der Waals surface area contributed by atoms with Crippen LogP contribution in [-0.2, 0) is 6.61 Å². The van der Waals surface area contributed by atoms with E-state index in [1.807, 2.05) is 71.9 Å². The molecule has 12 heteroatoms. The van der Waals surface area contributed by atoms with E-state index in [0.717, 1.165) is 73.5 Å². The van der Waals surface area contributed by atoms with E-state index in [2.05, 4.69) is 5.10 Å². The Hall–Kier alpha value is -3.94. The van der Waals surface area contributed by atoms with Crippen LogP contribution in [0, 0.1) is 6.92 Å². The number of β-amino-alcohol motifs (C(OH)–C–C–N with tert-alkyl or cyclic N) is 1. The maximum absolute atomic E-state index is 10.8. The summed E-state index contributed by atoms with van der Waals surface area (Å²) in [5, 5.41) is 28.9. The lowest BCUT2D eigenvalue weighted by molar-refractivity contribution is -0.0455. The van der Waals surface area contributed by atoms with Crippen LogP contribution in [0.15, 0.2) is 60.1 Å². The van der Waals surface area contributed by atoms with E-state index < -0.39 is 6.23 Å². The zero-order chi connectivity index (χ0) is 29.5. The molecule has 10 nitrogen and oxygen atoms in total. The van der Waals surface area contributed by atoms with Crippen molar-refractivity contribution in [3.05, 3.63) is 77.1 Å². The average Bonchev–Trinajstić information content (AvgIpc) is 3.77. The number of fused-ring (bicyclic) bond motifs is 2. The Balaban J connectivity index is 1.08. The smallest absolute Gasteiger partial charge is 0.154 e. The molecule has 2 N–H and O–H groups in total. The molecule has 1 saturated heterocycles. The second-order valence-corrected chi connectivity index (χ2v) is 12.5. The minimum absolute atomic E-state index is 0.289. The van der Waals surface area contributed by atoms with Crippen LogP contribution in [0.1, 0.15) is 36.0 Å². The molecular weight excluding hydrogens is 585 g/mol. The Morgan fingerprint density at radius 3 is 2.74 bits per heavy atom. The van der Waals surface area contributed by atoms with Crippen LogP contribution in [0.4, 0.5) is 0 Å². The molecule has 0 aliphatic carbocycles. The van der Waals surface area contributed by atoms with Gasteiger partial charge in [0.15, 0.2) is 5.65 Å². The third-order valence-corrected chi connectivity index (χ3v) is 9.54. The maximum Gasteiger partial charge on any atom is 0.154 e. The molecular formula is C31H30N6O4S2. The van der Waals surface area contributed by atoms with E-state index in [4.69, 9.17) is 24.4 Å². The van der Waals surface area contributed by atoms with Crippen molar-refractivity contribution in [3.63, 3.8) is 0 Å². The number of likely N-dealkylation sites (tertiary alicyclic amines) is 1. The first kappa shape index (κ1) is 27.9. The first-order valence-electron chi connectivity index (χ1n) is 14.0. The van der Waals surface area contributed by atoms with Gasteiger partial charge in [-0.1, -0.05) is 24.3 Å². The topological polar surface area (TPSA) is 118 Å².